The summed E-state index contributed by atoms with van der Waals surface area (Å²) in [5.74, 6) is 0.198. The first-order valence-corrected chi connectivity index (χ1v) is 8.89. The first-order chi connectivity index (χ1) is 11.3. The van der Waals surface area contributed by atoms with Gasteiger partial charge in [-0.25, -0.2) is 4.98 Å². The summed E-state index contributed by atoms with van der Waals surface area (Å²) in [7, 11) is 1.84. The quantitative estimate of drug-likeness (QED) is 0.789. The van der Waals surface area contributed by atoms with E-state index < -0.39 is 6.04 Å². The molecule has 0 aliphatic carbocycles. The van der Waals surface area contributed by atoms with E-state index in [2.05, 4.69) is 43.2 Å². The van der Waals surface area contributed by atoms with Gasteiger partial charge in [0.05, 0.1) is 36.6 Å². The fourth-order valence-electron chi connectivity index (χ4n) is 2.35. The number of nitrogens with zero attached hydrogens (tertiary/aromatic N) is 2. The number of carbonyl (C=O) groups is 1. The van der Waals surface area contributed by atoms with E-state index in [9.17, 15) is 9.90 Å². The Bertz CT molecular complexity index is 674. The van der Waals surface area contributed by atoms with Crippen molar-refractivity contribution in [2.24, 2.45) is 7.05 Å². The van der Waals surface area contributed by atoms with Crippen molar-refractivity contribution in [1.29, 1.82) is 0 Å². The lowest BCUT2D eigenvalue weighted by Gasteiger charge is -2.19. The molecular weight excluding hydrogens is 322 g/mol. The van der Waals surface area contributed by atoms with E-state index >= 15 is 0 Å². The molecule has 0 aliphatic heterocycles. The standard InChI is InChI=1S/C18H25N3O2S/c1-18(2,3)13-5-7-14(8-6-13)24-11-17(23)20-15(10-22)16-9-19-12-21(16)4/h5-9,12,15,22H,10-11H2,1-4H3,(H,20,23). The molecule has 2 aromatic rings. The number of aryl methyl sites for hydroxylation is 1. The molecule has 0 aliphatic rings. The zero-order chi connectivity index (χ0) is 17.7. The Morgan fingerprint density at radius 3 is 2.50 bits per heavy atom. The van der Waals surface area contributed by atoms with Crippen LogP contribution in [0, 0.1) is 0 Å². The van der Waals surface area contributed by atoms with Crippen molar-refractivity contribution in [2.45, 2.75) is 37.1 Å². The van der Waals surface area contributed by atoms with Gasteiger partial charge in [-0.05, 0) is 23.1 Å². The molecule has 0 bridgehead atoms. The van der Waals surface area contributed by atoms with Crippen LogP contribution >= 0.6 is 11.8 Å². The molecule has 1 atom stereocenters. The van der Waals surface area contributed by atoms with Gasteiger partial charge in [-0.15, -0.1) is 11.8 Å². The maximum absolute atomic E-state index is 12.1. The van der Waals surface area contributed by atoms with Gasteiger partial charge in [-0.1, -0.05) is 32.9 Å². The molecule has 0 saturated carbocycles. The highest BCUT2D eigenvalue weighted by Crippen LogP contribution is 2.25. The Labute approximate surface area is 147 Å². The second-order valence-corrected chi connectivity index (χ2v) is 7.84. The summed E-state index contributed by atoms with van der Waals surface area (Å²) in [6, 6.07) is 7.86. The smallest absolute Gasteiger partial charge is 0.230 e. The number of aromatic nitrogens is 2. The number of hydrogen-bond acceptors (Lipinski definition) is 4. The van der Waals surface area contributed by atoms with Crippen LogP contribution in [0.15, 0.2) is 41.7 Å². The van der Waals surface area contributed by atoms with Crippen LogP contribution in [0.2, 0.25) is 0 Å². The van der Waals surface area contributed by atoms with E-state index in [1.807, 2.05) is 19.2 Å². The van der Waals surface area contributed by atoms with Gasteiger partial charge < -0.3 is 15.0 Å². The van der Waals surface area contributed by atoms with Crippen molar-refractivity contribution >= 4 is 17.7 Å². The zero-order valence-corrected chi connectivity index (χ0v) is 15.4. The minimum atomic E-state index is -0.436. The van der Waals surface area contributed by atoms with Crippen molar-refractivity contribution in [3.63, 3.8) is 0 Å². The van der Waals surface area contributed by atoms with E-state index in [4.69, 9.17) is 0 Å². The Balaban J connectivity index is 1.90. The molecule has 1 heterocycles. The fourth-order valence-corrected chi connectivity index (χ4v) is 3.06. The average molecular weight is 347 g/mol. The number of thioether (sulfide) groups is 1. The molecule has 5 nitrogen and oxygen atoms in total. The third-order valence-electron chi connectivity index (χ3n) is 3.82. The Kier molecular flexibility index (Phi) is 6.07. The van der Waals surface area contributed by atoms with Crippen LogP contribution in [0.25, 0.3) is 0 Å². The SMILES string of the molecule is Cn1cncc1C(CO)NC(=O)CSc1ccc(C(C)(C)C)cc1. The van der Waals surface area contributed by atoms with Crippen molar-refractivity contribution in [2.75, 3.05) is 12.4 Å². The largest absolute Gasteiger partial charge is 0.394 e. The van der Waals surface area contributed by atoms with Crippen LogP contribution in [0.3, 0.4) is 0 Å². The summed E-state index contributed by atoms with van der Waals surface area (Å²) in [5.41, 5.74) is 2.18. The molecule has 6 heteroatoms. The lowest BCUT2D eigenvalue weighted by atomic mass is 9.87. The van der Waals surface area contributed by atoms with Gasteiger partial charge in [0.1, 0.15) is 0 Å². The maximum atomic E-state index is 12.1. The molecule has 130 valence electrons. The van der Waals surface area contributed by atoms with Crippen LogP contribution in [0.5, 0.6) is 0 Å². The summed E-state index contributed by atoms with van der Waals surface area (Å²) >= 11 is 1.49. The molecule has 1 amide bonds. The second-order valence-electron chi connectivity index (χ2n) is 6.80. The summed E-state index contributed by atoms with van der Waals surface area (Å²) in [6.07, 6.45) is 3.30. The van der Waals surface area contributed by atoms with Gasteiger partial charge in [0.15, 0.2) is 0 Å². The maximum Gasteiger partial charge on any atom is 0.230 e. The van der Waals surface area contributed by atoms with Crippen LogP contribution in [0.4, 0.5) is 0 Å². The van der Waals surface area contributed by atoms with E-state index in [1.165, 1.54) is 17.3 Å². The summed E-state index contributed by atoms with van der Waals surface area (Å²) < 4.78 is 1.79. The molecule has 2 rings (SSSR count). The molecule has 0 saturated heterocycles. The third-order valence-corrected chi connectivity index (χ3v) is 4.83. The second kappa shape index (κ2) is 7.85. The molecule has 2 N–H and O–H groups in total. The normalized spacial score (nSPS) is 12.9. The van der Waals surface area contributed by atoms with Gasteiger partial charge in [0.2, 0.25) is 5.91 Å². The van der Waals surface area contributed by atoms with E-state index in [-0.39, 0.29) is 17.9 Å². The van der Waals surface area contributed by atoms with Gasteiger partial charge in [-0.2, -0.15) is 0 Å². The molecule has 1 aromatic carbocycles. The number of aliphatic hydroxyl groups is 1. The van der Waals surface area contributed by atoms with Gasteiger partial charge in [0, 0.05) is 11.9 Å². The number of amides is 1. The monoisotopic (exact) mass is 347 g/mol. The number of carbonyl (C=O) groups excluding carboxylic acids is 1. The average Bonchev–Trinajstić information content (AvgIpc) is 2.96. The topological polar surface area (TPSA) is 67.2 Å². The fraction of sp³-hybridized carbons (Fsp3) is 0.444. The number of rotatable bonds is 6. The molecule has 1 unspecified atom stereocenters. The first kappa shape index (κ1) is 18.5. The van der Waals surface area contributed by atoms with Crippen molar-refractivity contribution in [1.82, 2.24) is 14.9 Å². The molecular formula is C18H25N3O2S. The first-order valence-electron chi connectivity index (χ1n) is 7.91. The molecule has 0 radical (unpaired) electrons. The van der Waals surface area contributed by atoms with Gasteiger partial charge >= 0.3 is 0 Å². The Morgan fingerprint density at radius 1 is 1.33 bits per heavy atom. The highest BCUT2D eigenvalue weighted by atomic mass is 32.2. The van der Waals surface area contributed by atoms with Crippen LogP contribution in [-0.4, -0.2) is 32.9 Å². The molecule has 24 heavy (non-hydrogen) atoms. The summed E-state index contributed by atoms with van der Waals surface area (Å²) in [4.78, 5) is 17.2. The van der Waals surface area contributed by atoms with Crippen molar-refractivity contribution in [3.8, 4) is 0 Å². The highest BCUT2D eigenvalue weighted by Gasteiger charge is 2.17. The third kappa shape index (κ3) is 4.85. The van der Waals surface area contributed by atoms with Crippen LogP contribution in [0.1, 0.15) is 38.1 Å². The Morgan fingerprint density at radius 2 is 2.00 bits per heavy atom. The predicted octanol–water partition coefficient (Wildman–Crippen LogP) is 2.66. The lowest BCUT2D eigenvalue weighted by Crippen LogP contribution is -2.33. The van der Waals surface area contributed by atoms with Gasteiger partial charge in [-0.3, -0.25) is 4.79 Å². The minimum Gasteiger partial charge on any atom is -0.394 e. The highest BCUT2D eigenvalue weighted by molar-refractivity contribution is 8.00. The lowest BCUT2D eigenvalue weighted by molar-refractivity contribution is -0.119. The number of imidazole rings is 1. The summed E-state index contributed by atoms with van der Waals surface area (Å²) in [5, 5.41) is 12.3. The number of benzene rings is 1. The minimum absolute atomic E-state index is 0.111. The number of aliphatic hydroxyl groups excluding tert-OH is 1. The molecule has 0 spiro atoms. The van der Waals surface area contributed by atoms with Crippen molar-refractivity contribution in [3.05, 3.63) is 48.0 Å². The van der Waals surface area contributed by atoms with E-state index in [0.717, 1.165) is 10.6 Å². The van der Waals surface area contributed by atoms with Gasteiger partial charge in [0.25, 0.3) is 0 Å². The van der Waals surface area contributed by atoms with E-state index in [1.54, 1.807) is 17.1 Å². The summed E-state index contributed by atoms with van der Waals surface area (Å²) in [6.45, 7) is 6.37. The predicted molar refractivity (Wildman–Crippen MR) is 97.0 cm³/mol. The Hall–Kier alpha value is -1.79. The molecule has 1 aromatic heterocycles. The van der Waals surface area contributed by atoms with Crippen molar-refractivity contribution < 1.29 is 9.90 Å². The van der Waals surface area contributed by atoms with E-state index in [0.29, 0.717) is 5.75 Å². The zero-order valence-electron chi connectivity index (χ0n) is 14.6. The van der Waals surface area contributed by atoms with Crippen LogP contribution < -0.4 is 5.32 Å². The number of nitrogens with one attached hydrogen (secondary N) is 1. The molecule has 0 fully saturated rings. The number of hydrogen-bond donors (Lipinski definition) is 2. The van der Waals surface area contributed by atoms with Crippen LogP contribution in [-0.2, 0) is 17.3 Å².